The summed E-state index contributed by atoms with van der Waals surface area (Å²) < 4.78 is 18.1. The highest BCUT2D eigenvalue weighted by Gasteiger charge is 2.06. The largest absolute Gasteiger partial charge is 0.376 e. The van der Waals surface area contributed by atoms with Crippen LogP contribution in [0, 0.1) is 5.92 Å². The molecule has 0 amide bonds. The van der Waals surface area contributed by atoms with Gasteiger partial charge in [-0.25, -0.2) is 0 Å². The highest BCUT2D eigenvalue weighted by molar-refractivity contribution is 7.85. The number of hydrogen-bond donors (Lipinski definition) is 2. The Bertz CT molecular complexity index is 723. The van der Waals surface area contributed by atoms with Crippen LogP contribution in [0.15, 0.2) is 70.6 Å². The molecule has 0 saturated heterocycles. The van der Waals surface area contributed by atoms with Crippen LogP contribution in [0.2, 0.25) is 0 Å². The molecule has 0 aliphatic heterocycles. The first-order chi connectivity index (χ1) is 13.7. The summed E-state index contributed by atoms with van der Waals surface area (Å²) in [5.74, 6) is 1.62. The molecule has 0 aliphatic rings. The van der Waals surface area contributed by atoms with E-state index in [1.54, 1.807) is 0 Å². The van der Waals surface area contributed by atoms with Crippen LogP contribution in [-0.4, -0.2) is 42.2 Å². The van der Waals surface area contributed by atoms with Gasteiger partial charge < -0.3 is 15.4 Å². The zero-order valence-electron chi connectivity index (χ0n) is 16.8. The van der Waals surface area contributed by atoms with E-state index < -0.39 is 10.8 Å². The van der Waals surface area contributed by atoms with Crippen molar-refractivity contribution in [3.05, 3.63) is 66.2 Å². The van der Waals surface area contributed by atoms with Gasteiger partial charge in [-0.2, -0.15) is 0 Å². The van der Waals surface area contributed by atoms with Crippen molar-refractivity contribution >= 4 is 16.8 Å². The molecule has 0 aromatic heterocycles. The maximum Gasteiger partial charge on any atom is 0.191 e. The van der Waals surface area contributed by atoms with Gasteiger partial charge in [0.15, 0.2) is 5.96 Å². The molecule has 0 heterocycles. The van der Waals surface area contributed by atoms with Crippen molar-refractivity contribution < 1.29 is 8.95 Å². The average molecular weight is 402 g/mol. The molecule has 152 valence electrons. The number of ether oxygens (including phenoxy) is 1. The smallest absolute Gasteiger partial charge is 0.191 e. The Morgan fingerprint density at radius 1 is 1.07 bits per heavy atom. The third-order valence-electron chi connectivity index (χ3n) is 4.01. The first-order valence-electron chi connectivity index (χ1n) is 9.76. The zero-order chi connectivity index (χ0) is 20.0. The summed E-state index contributed by atoms with van der Waals surface area (Å²) in [6, 6.07) is 19.7. The van der Waals surface area contributed by atoms with Gasteiger partial charge in [0.1, 0.15) is 0 Å². The molecule has 0 bridgehead atoms. The summed E-state index contributed by atoms with van der Waals surface area (Å²) in [7, 11) is -1.00. The molecule has 6 heteroatoms. The SMILES string of the molecule is CCNC(=NCC(C)COCc1ccccc1)NCCS(=O)c1ccccc1. The Balaban J connectivity index is 1.70. The van der Waals surface area contributed by atoms with Crippen LogP contribution in [0.5, 0.6) is 0 Å². The van der Waals surface area contributed by atoms with E-state index >= 15 is 0 Å². The van der Waals surface area contributed by atoms with Crippen molar-refractivity contribution in [3.63, 3.8) is 0 Å². The number of nitrogens with zero attached hydrogens (tertiary/aromatic N) is 1. The molecule has 28 heavy (non-hydrogen) atoms. The van der Waals surface area contributed by atoms with Crippen molar-refractivity contribution in [2.24, 2.45) is 10.9 Å². The van der Waals surface area contributed by atoms with E-state index in [-0.39, 0.29) is 0 Å². The third kappa shape index (κ3) is 8.67. The summed E-state index contributed by atoms with van der Waals surface area (Å²) in [4.78, 5) is 5.48. The van der Waals surface area contributed by atoms with Gasteiger partial charge in [-0.15, -0.1) is 0 Å². The van der Waals surface area contributed by atoms with Gasteiger partial charge in [-0.05, 0) is 30.5 Å². The van der Waals surface area contributed by atoms with Gasteiger partial charge in [0.25, 0.3) is 0 Å². The molecular formula is C22H31N3O2S. The van der Waals surface area contributed by atoms with Crippen LogP contribution in [0.1, 0.15) is 19.4 Å². The average Bonchev–Trinajstić information content (AvgIpc) is 2.73. The van der Waals surface area contributed by atoms with E-state index in [2.05, 4.69) is 34.7 Å². The van der Waals surface area contributed by atoms with E-state index in [0.717, 1.165) is 17.4 Å². The Labute approximate surface area is 171 Å². The molecule has 0 spiro atoms. The maximum absolute atomic E-state index is 12.3. The molecule has 5 nitrogen and oxygen atoms in total. The number of guanidine groups is 1. The molecular weight excluding hydrogens is 370 g/mol. The van der Waals surface area contributed by atoms with E-state index in [1.165, 1.54) is 5.56 Å². The van der Waals surface area contributed by atoms with E-state index in [0.29, 0.717) is 38.0 Å². The second-order valence-electron chi connectivity index (χ2n) is 6.61. The van der Waals surface area contributed by atoms with Crippen molar-refractivity contribution in [1.82, 2.24) is 10.6 Å². The fraction of sp³-hybridized carbons (Fsp3) is 0.409. The standard InChI is InChI=1S/C22H31N3O2S/c1-3-23-22(24-14-15-28(26)21-12-8-5-9-13-21)25-16-19(2)17-27-18-20-10-6-4-7-11-20/h4-13,19H,3,14-18H2,1-2H3,(H2,23,24,25). The summed E-state index contributed by atoms with van der Waals surface area (Å²) in [6.45, 7) is 7.51. The highest BCUT2D eigenvalue weighted by Crippen LogP contribution is 2.05. The second-order valence-corrected chi connectivity index (χ2v) is 8.19. The van der Waals surface area contributed by atoms with Crippen LogP contribution in [0.4, 0.5) is 0 Å². The van der Waals surface area contributed by atoms with Crippen molar-refractivity contribution in [2.75, 3.05) is 32.0 Å². The molecule has 2 aromatic rings. The lowest BCUT2D eigenvalue weighted by Crippen LogP contribution is -2.39. The number of benzene rings is 2. The molecule has 0 saturated carbocycles. The van der Waals surface area contributed by atoms with Gasteiger partial charge in [0.05, 0.1) is 24.0 Å². The van der Waals surface area contributed by atoms with Gasteiger partial charge in [-0.3, -0.25) is 9.20 Å². The molecule has 2 atom stereocenters. The minimum absolute atomic E-state index is 0.317. The predicted molar refractivity (Wildman–Crippen MR) is 117 cm³/mol. The topological polar surface area (TPSA) is 62.7 Å². The van der Waals surface area contributed by atoms with Crippen molar-refractivity contribution in [1.29, 1.82) is 0 Å². The zero-order valence-corrected chi connectivity index (χ0v) is 17.6. The quantitative estimate of drug-likeness (QED) is 0.448. The number of hydrogen-bond acceptors (Lipinski definition) is 3. The summed E-state index contributed by atoms with van der Waals surface area (Å²) in [5.41, 5.74) is 1.18. The summed E-state index contributed by atoms with van der Waals surface area (Å²) >= 11 is 0. The summed E-state index contributed by atoms with van der Waals surface area (Å²) in [5, 5.41) is 6.50. The Morgan fingerprint density at radius 2 is 1.75 bits per heavy atom. The molecule has 0 fully saturated rings. The maximum atomic E-state index is 12.3. The number of rotatable bonds is 11. The van der Waals surface area contributed by atoms with Crippen molar-refractivity contribution in [3.8, 4) is 0 Å². The van der Waals surface area contributed by atoms with E-state index in [1.807, 2.05) is 55.5 Å². The normalized spacial score (nSPS) is 13.7. The minimum Gasteiger partial charge on any atom is -0.376 e. The van der Waals surface area contributed by atoms with Crippen LogP contribution < -0.4 is 10.6 Å². The predicted octanol–water partition coefficient (Wildman–Crippen LogP) is 3.20. The molecule has 2 unspecified atom stereocenters. The lowest BCUT2D eigenvalue weighted by molar-refractivity contribution is 0.0945. The lowest BCUT2D eigenvalue weighted by atomic mass is 10.2. The van der Waals surface area contributed by atoms with E-state index in [4.69, 9.17) is 4.74 Å². The first kappa shape index (κ1) is 22.1. The van der Waals surface area contributed by atoms with Crippen LogP contribution >= 0.6 is 0 Å². The second kappa shape index (κ2) is 13.1. The van der Waals surface area contributed by atoms with Crippen LogP contribution in [0.3, 0.4) is 0 Å². The van der Waals surface area contributed by atoms with Gasteiger partial charge >= 0.3 is 0 Å². The molecule has 2 N–H and O–H groups in total. The van der Waals surface area contributed by atoms with Gasteiger partial charge in [-0.1, -0.05) is 55.5 Å². The summed E-state index contributed by atoms with van der Waals surface area (Å²) in [6.07, 6.45) is 0. The monoisotopic (exact) mass is 401 g/mol. The number of aliphatic imine (C=N–C) groups is 1. The van der Waals surface area contributed by atoms with Crippen LogP contribution in [-0.2, 0) is 22.1 Å². The molecule has 2 rings (SSSR count). The Hall–Kier alpha value is -2.18. The van der Waals surface area contributed by atoms with Gasteiger partial charge in [0, 0.05) is 30.3 Å². The Morgan fingerprint density at radius 3 is 2.43 bits per heavy atom. The fourth-order valence-corrected chi connectivity index (χ4v) is 3.53. The molecule has 2 aromatic carbocycles. The minimum atomic E-state index is -1.00. The van der Waals surface area contributed by atoms with Crippen molar-refractivity contribution in [2.45, 2.75) is 25.3 Å². The lowest BCUT2D eigenvalue weighted by Gasteiger charge is -2.14. The third-order valence-corrected chi connectivity index (χ3v) is 5.38. The van der Waals surface area contributed by atoms with E-state index in [9.17, 15) is 4.21 Å². The van der Waals surface area contributed by atoms with Gasteiger partial charge in [0.2, 0.25) is 0 Å². The van der Waals surface area contributed by atoms with Crippen LogP contribution in [0.25, 0.3) is 0 Å². The molecule has 0 aliphatic carbocycles. The number of nitrogens with one attached hydrogen (secondary N) is 2. The highest BCUT2D eigenvalue weighted by atomic mass is 32.2. The molecule has 0 radical (unpaired) electrons. The Kier molecular flexibility index (Phi) is 10.3. The fourth-order valence-electron chi connectivity index (χ4n) is 2.55. The first-order valence-corrected chi connectivity index (χ1v) is 11.1.